The molecule has 2 heterocycles. The van der Waals surface area contributed by atoms with Crippen molar-refractivity contribution in [2.24, 2.45) is 4.99 Å². The summed E-state index contributed by atoms with van der Waals surface area (Å²) in [6.45, 7) is 1.99. The first-order chi connectivity index (χ1) is 10.6. The lowest BCUT2D eigenvalue weighted by molar-refractivity contribution is -0.121. The molecule has 4 rings (SSSR count). The van der Waals surface area contributed by atoms with Gasteiger partial charge in [0.05, 0.1) is 5.69 Å². The number of anilines is 1. The largest absolute Gasteiger partial charge is 0.473 e. The van der Waals surface area contributed by atoms with Crippen LogP contribution in [-0.4, -0.2) is 22.8 Å². The molecule has 22 heavy (non-hydrogen) atoms. The van der Waals surface area contributed by atoms with Gasteiger partial charge in [0, 0.05) is 5.56 Å². The molecule has 0 aliphatic carbocycles. The summed E-state index contributed by atoms with van der Waals surface area (Å²) in [6, 6.07) is 15.1. The highest BCUT2D eigenvalue weighted by Crippen LogP contribution is 2.33. The fourth-order valence-electron chi connectivity index (χ4n) is 2.69. The van der Waals surface area contributed by atoms with E-state index in [1.54, 1.807) is 0 Å². The van der Waals surface area contributed by atoms with Gasteiger partial charge in [-0.15, -0.1) is 0 Å². The van der Waals surface area contributed by atoms with Gasteiger partial charge in [-0.3, -0.25) is 9.69 Å². The van der Waals surface area contributed by atoms with Crippen molar-refractivity contribution in [3.63, 3.8) is 0 Å². The number of hydrogen-bond acceptors (Lipinski definition) is 3. The summed E-state index contributed by atoms with van der Waals surface area (Å²) < 4.78 is 5.77. The van der Waals surface area contributed by atoms with Gasteiger partial charge in [0.1, 0.15) is 11.5 Å². The minimum Gasteiger partial charge on any atom is -0.473 e. The monoisotopic (exact) mass is 308 g/mol. The minimum absolute atomic E-state index is 0.199. The number of amides is 1. The summed E-state index contributed by atoms with van der Waals surface area (Å²) >= 11 is 5.33. The molecule has 5 heteroatoms. The zero-order valence-corrected chi connectivity index (χ0v) is 12.6. The summed E-state index contributed by atoms with van der Waals surface area (Å²) in [6.07, 6.45) is -0.717. The Balaban J connectivity index is 1.78. The van der Waals surface area contributed by atoms with E-state index in [2.05, 4.69) is 4.99 Å². The lowest BCUT2D eigenvalue weighted by Gasteiger charge is -2.28. The maximum absolute atomic E-state index is 12.8. The normalized spacial score (nSPS) is 19.4. The predicted molar refractivity (Wildman–Crippen MR) is 88.7 cm³/mol. The molecular weight excluding hydrogens is 296 g/mol. The van der Waals surface area contributed by atoms with E-state index in [4.69, 9.17) is 17.0 Å². The molecule has 1 amide bonds. The summed E-state index contributed by atoms with van der Waals surface area (Å²) in [4.78, 5) is 18.7. The van der Waals surface area contributed by atoms with Crippen molar-refractivity contribution >= 4 is 34.6 Å². The molecule has 2 aliphatic rings. The molecule has 108 valence electrons. The Bertz CT molecular complexity index is 827. The van der Waals surface area contributed by atoms with Gasteiger partial charge >= 0.3 is 0 Å². The third-order valence-electron chi connectivity index (χ3n) is 3.80. The number of thiocarbonyl (C=S) groups is 1. The first-order valence-electron chi connectivity index (χ1n) is 6.94. The fourth-order valence-corrected chi connectivity index (χ4v) is 2.98. The Kier molecular flexibility index (Phi) is 2.84. The van der Waals surface area contributed by atoms with Crippen molar-refractivity contribution in [2.75, 3.05) is 4.90 Å². The van der Waals surface area contributed by atoms with Gasteiger partial charge in [-0.25, -0.2) is 4.99 Å². The molecule has 0 N–H and O–H groups in total. The summed E-state index contributed by atoms with van der Waals surface area (Å²) in [5, 5.41) is 0.250. The summed E-state index contributed by atoms with van der Waals surface area (Å²) in [7, 11) is 0. The first-order valence-corrected chi connectivity index (χ1v) is 7.35. The number of hydrogen-bond donors (Lipinski definition) is 0. The topological polar surface area (TPSA) is 41.9 Å². The Morgan fingerprint density at radius 3 is 2.64 bits per heavy atom. The zero-order valence-electron chi connectivity index (χ0n) is 11.8. The molecular formula is C17H12N2O2S. The van der Waals surface area contributed by atoms with Crippen LogP contribution in [0.25, 0.3) is 0 Å². The van der Waals surface area contributed by atoms with E-state index in [-0.39, 0.29) is 11.0 Å². The van der Waals surface area contributed by atoms with Crippen LogP contribution in [0.3, 0.4) is 0 Å². The predicted octanol–water partition coefficient (Wildman–Crippen LogP) is 2.88. The molecule has 0 saturated carbocycles. The number of ether oxygens (including phenoxy) is 1. The van der Waals surface area contributed by atoms with Gasteiger partial charge in [0.25, 0.3) is 5.91 Å². The highest BCUT2D eigenvalue weighted by atomic mass is 32.1. The number of para-hydroxylation sites is 1. The smallest absolute Gasteiger partial charge is 0.280 e. The Hall–Kier alpha value is -2.53. The second kappa shape index (κ2) is 4.74. The van der Waals surface area contributed by atoms with Crippen molar-refractivity contribution in [3.05, 3.63) is 59.7 Å². The Labute approximate surface area is 133 Å². The molecule has 2 aromatic rings. The molecule has 0 radical (unpaired) electrons. The van der Waals surface area contributed by atoms with Crippen LogP contribution in [0.1, 0.15) is 11.1 Å². The van der Waals surface area contributed by atoms with Crippen molar-refractivity contribution in [3.8, 4) is 5.75 Å². The van der Waals surface area contributed by atoms with Crippen LogP contribution in [-0.2, 0) is 4.79 Å². The Morgan fingerprint density at radius 2 is 1.86 bits per heavy atom. The van der Waals surface area contributed by atoms with Gasteiger partial charge in [0.15, 0.2) is 0 Å². The van der Waals surface area contributed by atoms with Crippen LogP contribution < -0.4 is 9.64 Å². The van der Waals surface area contributed by atoms with Crippen LogP contribution >= 0.6 is 12.2 Å². The van der Waals surface area contributed by atoms with Crippen molar-refractivity contribution in [1.29, 1.82) is 0 Å². The minimum atomic E-state index is -0.717. The lowest BCUT2D eigenvalue weighted by atomic mass is 10.0. The fraction of sp³-hybridized carbons (Fsp3) is 0.118. The summed E-state index contributed by atoms with van der Waals surface area (Å²) in [5.74, 6) is 0.475. The standard InChI is InChI=1S/C17H12N2O2S/c1-10-6-8-11(9-7-10)19-16(20)15-14(18-17(19)22)12-4-2-3-5-13(12)21-15/h2-9,15H,1H3. The molecule has 0 spiro atoms. The molecule has 2 aromatic carbocycles. The van der Waals surface area contributed by atoms with Crippen LogP contribution in [0.4, 0.5) is 5.69 Å². The maximum Gasteiger partial charge on any atom is 0.280 e. The van der Waals surface area contributed by atoms with E-state index in [0.29, 0.717) is 17.1 Å². The molecule has 1 unspecified atom stereocenters. The van der Waals surface area contributed by atoms with Crippen molar-refractivity contribution < 1.29 is 9.53 Å². The quantitative estimate of drug-likeness (QED) is 0.761. The number of nitrogens with zero attached hydrogens (tertiary/aromatic N) is 2. The highest BCUT2D eigenvalue weighted by molar-refractivity contribution is 7.80. The second-order valence-electron chi connectivity index (χ2n) is 5.28. The number of aliphatic imine (C=N–C) groups is 1. The van der Waals surface area contributed by atoms with Crippen molar-refractivity contribution in [2.45, 2.75) is 13.0 Å². The Morgan fingerprint density at radius 1 is 1.14 bits per heavy atom. The van der Waals surface area contributed by atoms with Gasteiger partial charge < -0.3 is 4.74 Å². The maximum atomic E-state index is 12.8. The van der Waals surface area contributed by atoms with E-state index < -0.39 is 6.10 Å². The second-order valence-corrected chi connectivity index (χ2v) is 5.65. The van der Waals surface area contributed by atoms with Crippen LogP contribution in [0, 0.1) is 6.92 Å². The highest BCUT2D eigenvalue weighted by Gasteiger charge is 2.43. The van der Waals surface area contributed by atoms with E-state index in [9.17, 15) is 4.79 Å². The average Bonchev–Trinajstić information content (AvgIpc) is 2.88. The third kappa shape index (κ3) is 1.86. The van der Waals surface area contributed by atoms with Crippen LogP contribution in [0.15, 0.2) is 53.5 Å². The van der Waals surface area contributed by atoms with Gasteiger partial charge in [0.2, 0.25) is 11.2 Å². The number of fused-ring (bicyclic) bond motifs is 3. The number of rotatable bonds is 1. The number of aryl methyl sites for hydroxylation is 1. The first kappa shape index (κ1) is 13.2. The molecule has 0 saturated heterocycles. The van der Waals surface area contributed by atoms with Crippen LogP contribution in [0.2, 0.25) is 0 Å². The lowest BCUT2D eigenvalue weighted by Crippen LogP contribution is -2.50. The molecule has 4 nitrogen and oxygen atoms in total. The van der Waals surface area contributed by atoms with E-state index in [0.717, 1.165) is 11.1 Å². The van der Waals surface area contributed by atoms with Gasteiger partial charge in [-0.2, -0.15) is 0 Å². The molecule has 0 bridgehead atoms. The SMILES string of the molecule is Cc1ccc(N2C(=O)C3Oc4ccccc4C3=NC2=S)cc1. The summed E-state index contributed by atoms with van der Waals surface area (Å²) in [5.41, 5.74) is 3.27. The van der Waals surface area contributed by atoms with Crippen molar-refractivity contribution in [1.82, 2.24) is 0 Å². The number of carbonyl (C=O) groups is 1. The number of carbonyl (C=O) groups excluding carboxylic acids is 1. The molecule has 2 aliphatic heterocycles. The van der Waals surface area contributed by atoms with E-state index in [1.165, 1.54) is 4.90 Å². The molecule has 0 aromatic heterocycles. The average molecular weight is 308 g/mol. The van der Waals surface area contributed by atoms with Crippen LogP contribution in [0.5, 0.6) is 5.75 Å². The van der Waals surface area contributed by atoms with Gasteiger partial charge in [-0.1, -0.05) is 29.8 Å². The van der Waals surface area contributed by atoms with Gasteiger partial charge in [-0.05, 0) is 43.4 Å². The molecule has 1 atom stereocenters. The van der Waals surface area contributed by atoms with E-state index >= 15 is 0 Å². The molecule has 0 fully saturated rings. The zero-order chi connectivity index (χ0) is 15.3. The van der Waals surface area contributed by atoms with E-state index in [1.807, 2.05) is 55.5 Å². The third-order valence-corrected chi connectivity index (χ3v) is 4.07. The number of benzene rings is 2.